The van der Waals surface area contributed by atoms with Gasteiger partial charge in [-0.1, -0.05) is 19.1 Å². The Morgan fingerprint density at radius 3 is 2.57 bits per heavy atom. The van der Waals surface area contributed by atoms with Gasteiger partial charge in [-0.3, -0.25) is 19.1 Å². The molecule has 0 unspecified atom stereocenters. The lowest BCUT2D eigenvalue weighted by Gasteiger charge is -2.27. The second-order valence-corrected chi connectivity index (χ2v) is 14.2. The number of piperidine rings is 1. The molecule has 3 atom stereocenters. The summed E-state index contributed by atoms with van der Waals surface area (Å²) < 4.78 is 2.19. The molecule has 5 aromatic rings. The monoisotopic (exact) mass is 712 g/mol. The molecule has 4 aromatic heterocycles. The molecule has 1 N–H and O–H groups in total. The number of amides is 2. The molecule has 2 amide bonds. The van der Waals surface area contributed by atoms with Gasteiger partial charge in [-0.25, -0.2) is 19.9 Å². The van der Waals surface area contributed by atoms with Crippen molar-refractivity contribution in [3.63, 3.8) is 0 Å². The Bertz CT molecular complexity index is 2060. The highest BCUT2D eigenvalue weighted by molar-refractivity contribution is 9.10. The summed E-state index contributed by atoms with van der Waals surface area (Å²) in [4.78, 5) is 60.5. The highest BCUT2D eigenvalue weighted by atomic mass is 79.9. The molecular formula is C34H33BrN8O3S. The SMILES string of the molecule is CCc1csc(C[C@@]23C[C@@H](C(=O)Nc4nc(Br)ccc4C)N(C(=O)Cn4nc(C(C)=O)c5cc(-c6cnc(C)nc6)ccc54)[C@@H]2C3)n1. The number of rotatable bonds is 9. The second kappa shape index (κ2) is 12.0. The number of nitrogens with zero attached hydrogens (tertiary/aromatic N) is 7. The Morgan fingerprint density at radius 2 is 1.85 bits per heavy atom. The maximum Gasteiger partial charge on any atom is 0.248 e. The first-order valence-electron chi connectivity index (χ1n) is 15.5. The molecule has 0 spiro atoms. The van der Waals surface area contributed by atoms with E-state index in [0.29, 0.717) is 33.6 Å². The number of Topliss-reactive ketones (excluding diaryl/α,β-unsaturated/α-hetero) is 1. The number of ketones is 1. The summed E-state index contributed by atoms with van der Waals surface area (Å²) in [5, 5.41) is 11.4. The van der Waals surface area contributed by atoms with Crippen LogP contribution in [0.5, 0.6) is 0 Å². The van der Waals surface area contributed by atoms with Gasteiger partial charge in [0.25, 0.3) is 0 Å². The number of likely N-dealkylation sites (tertiary alicyclic amines) is 1. The summed E-state index contributed by atoms with van der Waals surface area (Å²) in [5.41, 5.74) is 4.26. The lowest BCUT2D eigenvalue weighted by Crippen LogP contribution is -2.47. The average molecular weight is 714 g/mol. The summed E-state index contributed by atoms with van der Waals surface area (Å²) in [6.45, 7) is 7.14. The maximum atomic E-state index is 14.3. The Morgan fingerprint density at radius 1 is 1.06 bits per heavy atom. The fourth-order valence-electron chi connectivity index (χ4n) is 6.68. The topological polar surface area (TPSA) is 136 Å². The van der Waals surface area contributed by atoms with Crippen molar-refractivity contribution in [3.05, 3.63) is 80.5 Å². The van der Waals surface area contributed by atoms with Gasteiger partial charge in [-0.05, 0) is 78.4 Å². The van der Waals surface area contributed by atoms with E-state index in [1.807, 2.05) is 44.2 Å². The standard InChI is InChI=1S/C34H33BrN8O3S/c1-5-23-17-47-29(38-23)13-34-11-26(33(46)40-32-18(2)6-9-28(35)39-32)43(27(34)12-34)30(45)16-42-25-8-7-21(22-14-36-20(4)37-15-22)10-24(25)31(41-42)19(3)44/h6-10,14-15,17,26-27H,5,11-13,16H2,1-4H3,(H,39,40,46)/t26-,27+,34-/m0/s1. The molecule has 1 aromatic carbocycles. The van der Waals surface area contributed by atoms with E-state index in [1.165, 1.54) is 6.92 Å². The van der Waals surface area contributed by atoms with E-state index < -0.39 is 6.04 Å². The molecule has 11 nitrogen and oxygen atoms in total. The van der Waals surface area contributed by atoms with E-state index in [0.717, 1.165) is 46.7 Å². The maximum absolute atomic E-state index is 14.3. The molecule has 0 radical (unpaired) electrons. The molecule has 47 heavy (non-hydrogen) atoms. The van der Waals surface area contributed by atoms with Crippen molar-refractivity contribution >= 4 is 61.6 Å². The van der Waals surface area contributed by atoms with Gasteiger partial charge in [0.15, 0.2) is 5.78 Å². The Labute approximate surface area is 284 Å². The number of hydrogen-bond donors (Lipinski definition) is 1. The van der Waals surface area contributed by atoms with Gasteiger partial charge in [0.2, 0.25) is 11.8 Å². The van der Waals surface area contributed by atoms with Crippen molar-refractivity contribution in [2.45, 2.75) is 72.0 Å². The van der Waals surface area contributed by atoms with Crippen LogP contribution in [0.15, 0.2) is 52.7 Å². The van der Waals surface area contributed by atoms with Crippen LogP contribution < -0.4 is 5.32 Å². The molecule has 1 saturated carbocycles. The molecule has 0 bridgehead atoms. The minimum absolute atomic E-state index is 0.0986. The molecule has 1 aliphatic carbocycles. The van der Waals surface area contributed by atoms with Crippen LogP contribution >= 0.6 is 27.3 Å². The van der Waals surface area contributed by atoms with E-state index >= 15 is 0 Å². The molecular weight excluding hydrogens is 680 g/mol. The van der Waals surface area contributed by atoms with Crippen LogP contribution in [-0.4, -0.2) is 64.3 Å². The van der Waals surface area contributed by atoms with Crippen molar-refractivity contribution in [2.75, 3.05) is 5.32 Å². The fraction of sp³-hybridized carbons (Fsp3) is 0.353. The summed E-state index contributed by atoms with van der Waals surface area (Å²) in [5.74, 6) is 0.423. The van der Waals surface area contributed by atoms with Crippen molar-refractivity contribution in [3.8, 4) is 11.1 Å². The molecule has 2 aliphatic rings. The van der Waals surface area contributed by atoms with E-state index in [9.17, 15) is 14.4 Å². The van der Waals surface area contributed by atoms with Gasteiger partial charge in [0.05, 0.1) is 16.2 Å². The summed E-state index contributed by atoms with van der Waals surface area (Å²) >= 11 is 5.03. The van der Waals surface area contributed by atoms with Crippen molar-refractivity contribution < 1.29 is 14.4 Å². The predicted octanol–water partition coefficient (Wildman–Crippen LogP) is 5.73. The Balaban J connectivity index is 1.20. The number of carbonyl (C=O) groups excluding carboxylic acids is 3. The fourth-order valence-corrected chi connectivity index (χ4v) is 8.03. The zero-order valence-corrected chi connectivity index (χ0v) is 28.9. The lowest BCUT2D eigenvalue weighted by atomic mass is 9.95. The molecule has 1 aliphatic heterocycles. The number of anilines is 1. The second-order valence-electron chi connectivity index (χ2n) is 12.5. The highest BCUT2D eigenvalue weighted by Crippen LogP contribution is 2.61. The molecule has 240 valence electrons. The van der Waals surface area contributed by atoms with Gasteiger partial charge in [0, 0.05) is 53.5 Å². The predicted molar refractivity (Wildman–Crippen MR) is 182 cm³/mol. The first kappa shape index (κ1) is 31.3. The number of fused-ring (bicyclic) bond motifs is 2. The van der Waals surface area contributed by atoms with Crippen LogP contribution in [0.25, 0.3) is 22.0 Å². The quantitative estimate of drug-likeness (QED) is 0.151. The van der Waals surface area contributed by atoms with Gasteiger partial charge in [-0.2, -0.15) is 5.10 Å². The Hall–Kier alpha value is -4.36. The molecule has 2 fully saturated rings. The van der Waals surface area contributed by atoms with Gasteiger partial charge in [-0.15, -0.1) is 11.3 Å². The summed E-state index contributed by atoms with van der Waals surface area (Å²) in [6, 6.07) is 8.57. The van der Waals surface area contributed by atoms with Gasteiger partial charge >= 0.3 is 0 Å². The number of benzene rings is 1. The number of thiazole rings is 1. The van der Waals surface area contributed by atoms with E-state index in [2.05, 4.69) is 53.6 Å². The van der Waals surface area contributed by atoms with Crippen molar-refractivity contribution in [2.24, 2.45) is 5.41 Å². The highest BCUT2D eigenvalue weighted by Gasteiger charge is 2.67. The van der Waals surface area contributed by atoms with Crippen LogP contribution in [0.3, 0.4) is 0 Å². The van der Waals surface area contributed by atoms with Crippen LogP contribution in [0.4, 0.5) is 5.82 Å². The third-order valence-electron chi connectivity index (χ3n) is 9.26. The molecule has 1 saturated heterocycles. The summed E-state index contributed by atoms with van der Waals surface area (Å²) in [7, 11) is 0. The Kier molecular flexibility index (Phi) is 7.99. The minimum Gasteiger partial charge on any atom is -0.325 e. The normalized spacial score (nSPS) is 20.0. The van der Waals surface area contributed by atoms with Crippen LogP contribution in [0.1, 0.15) is 59.3 Å². The largest absolute Gasteiger partial charge is 0.325 e. The van der Waals surface area contributed by atoms with Crippen LogP contribution in [0.2, 0.25) is 0 Å². The number of aryl methyl sites for hydroxylation is 3. The zero-order chi connectivity index (χ0) is 33.0. The third-order valence-corrected chi connectivity index (χ3v) is 10.6. The zero-order valence-electron chi connectivity index (χ0n) is 26.5. The smallest absolute Gasteiger partial charge is 0.248 e. The number of nitrogens with one attached hydrogen (secondary N) is 1. The van der Waals surface area contributed by atoms with Crippen LogP contribution in [-0.2, 0) is 29.0 Å². The average Bonchev–Trinajstić information content (AvgIpc) is 3.34. The molecule has 13 heteroatoms. The number of carbonyl (C=O) groups is 3. The number of halogens is 1. The summed E-state index contributed by atoms with van der Waals surface area (Å²) in [6.07, 6.45) is 6.40. The third kappa shape index (κ3) is 5.86. The van der Waals surface area contributed by atoms with Crippen LogP contribution in [0, 0.1) is 19.3 Å². The lowest BCUT2D eigenvalue weighted by molar-refractivity contribution is -0.138. The molecule has 7 rings (SSSR count). The van der Waals surface area contributed by atoms with Crippen molar-refractivity contribution in [1.82, 2.24) is 34.6 Å². The number of aromatic nitrogens is 6. The first-order valence-corrected chi connectivity index (χ1v) is 17.2. The van der Waals surface area contributed by atoms with E-state index in [1.54, 1.807) is 33.3 Å². The first-order chi connectivity index (χ1) is 22.5. The van der Waals surface area contributed by atoms with E-state index in [-0.39, 0.29) is 41.3 Å². The van der Waals surface area contributed by atoms with Gasteiger partial charge in [0.1, 0.15) is 34.5 Å². The minimum atomic E-state index is -0.686. The number of hydrogen-bond acceptors (Lipinski definition) is 9. The van der Waals surface area contributed by atoms with Crippen molar-refractivity contribution in [1.29, 1.82) is 0 Å². The number of pyridine rings is 1. The molecule has 5 heterocycles. The van der Waals surface area contributed by atoms with Gasteiger partial charge < -0.3 is 10.2 Å². The van der Waals surface area contributed by atoms with E-state index in [4.69, 9.17) is 4.98 Å².